The van der Waals surface area contributed by atoms with Crippen LogP contribution in [0.3, 0.4) is 0 Å². The van der Waals surface area contributed by atoms with Gasteiger partial charge in [0, 0.05) is 19.3 Å². The Morgan fingerprint density at radius 1 is 0.232 bits per heavy atom. The van der Waals surface area contributed by atoms with E-state index in [9.17, 15) is 14.4 Å². The molecule has 410 valence electrons. The highest BCUT2D eigenvalue weighted by atomic mass is 16.6. The van der Waals surface area contributed by atoms with Crippen LogP contribution >= 0.6 is 0 Å². The van der Waals surface area contributed by atoms with Crippen LogP contribution in [0, 0.1) is 0 Å². The van der Waals surface area contributed by atoms with Gasteiger partial charge in [0.2, 0.25) is 0 Å². The Morgan fingerprint density at radius 3 is 0.580 bits per heavy atom. The summed E-state index contributed by atoms with van der Waals surface area (Å²) in [5, 5.41) is 0. The van der Waals surface area contributed by atoms with Gasteiger partial charge in [-0.3, -0.25) is 14.4 Å². The van der Waals surface area contributed by atoms with E-state index in [1.54, 1.807) is 0 Å². The van der Waals surface area contributed by atoms with Gasteiger partial charge >= 0.3 is 17.9 Å². The summed E-state index contributed by atoms with van der Waals surface area (Å²) in [6.45, 7) is 6.71. The Morgan fingerprint density at radius 2 is 0.391 bits per heavy atom. The molecule has 0 radical (unpaired) electrons. The molecule has 0 saturated heterocycles. The molecule has 0 aromatic heterocycles. The molecule has 1 atom stereocenters. The maximum atomic E-state index is 12.8. The number of rotatable bonds is 59. The van der Waals surface area contributed by atoms with E-state index in [2.05, 4.69) is 20.8 Å². The second kappa shape index (κ2) is 59.0. The lowest BCUT2D eigenvalue weighted by atomic mass is 10.0. The molecule has 0 saturated carbocycles. The molecule has 6 nitrogen and oxygen atoms in total. The van der Waals surface area contributed by atoms with Crippen LogP contribution in [0.4, 0.5) is 0 Å². The normalized spacial score (nSPS) is 11.9. The van der Waals surface area contributed by atoms with E-state index >= 15 is 0 Å². The molecule has 0 amide bonds. The van der Waals surface area contributed by atoms with E-state index in [0.717, 1.165) is 57.8 Å². The average Bonchev–Trinajstić information content (AvgIpc) is 3.35. The summed E-state index contributed by atoms with van der Waals surface area (Å²) >= 11 is 0. The van der Waals surface area contributed by atoms with Crippen molar-refractivity contribution in [3.8, 4) is 0 Å². The van der Waals surface area contributed by atoms with Gasteiger partial charge in [-0.05, 0) is 19.3 Å². The Bertz CT molecular complexity index is 1030. The first kappa shape index (κ1) is 67.4. The van der Waals surface area contributed by atoms with Gasteiger partial charge in [0.25, 0.3) is 0 Å². The largest absolute Gasteiger partial charge is 0.462 e. The van der Waals surface area contributed by atoms with Crippen molar-refractivity contribution in [2.24, 2.45) is 0 Å². The topological polar surface area (TPSA) is 78.9 Å². The molecule has 0 spiro atoms. The highest BCUT2D eigenvalue weighted by Crippen LogP contribution is 2.18. The molecule has 0 aliphatic carbocycles. The monoisotopic (exact) mass is 975 g/mol. The summed E-state index contributed by atoms with van der Waals surface area (Å²) in [4.78, 5) is 38.1. The van der Waals surface area contributed by atoms with Gasteiger partial charge < -0.3 is 14.2 Å². The van der Waals surface area contributed by atoms with Gasteiger partial charge in [-0.1, -0.05) is 329 Å². The molecule has 0 aromatic rings. The number of carbonyl (C=O) groups excluding carboxylic acids is 3. The van der Waals surface area contributed by atoms with E-state index in [-0.39, 0.29) is 31.1 Å². The first-order chi connectivity index (χ1) is 34.0. The molecule has 0 fully saturated rings. The summed E-state index contributed by atoms with van der Waals surface area (Å²) in [7, 11) is 0. The number of hydrogen-bond acceptors (Lipinski definition) is 6. The minimum absolute atomic E-state index is 0.0610. The number of carbonyl (C=O) groups is 3. The quantitative estimate of drug-likeness (QED) is 0.0343. The predicted molar refractivity (Wildman–Crippen MR) is 298 cm³/mol. The Kier molecular flexibility index (Phi) is 57.6. The number of esters is 3. The molecule has 0 bridgehead atoms. The lowest BCUT2D eigenvalue weighted by Crippen LogP contribution is -2.30. The minimum atomic E-state index is -0.761. The molecular weight excluding hydrogens is 853 g/mol. The molecule has 69 heavy (non-hydrogen) atoms. The van der Waals surface area contributed by atoms with Gasteiger partial charge in [-0.15, -0.1) is 0 Å². The van der Waals surface area contributed by atoms with E-state index in [1.165, 1.54) is 270 Å². The summed E-state index contributed by atoms with van der Waals surface area (Å²) in [6, 6.07) is 0. The maximum Gasteiger partial charge on any atom is 0.306 e. The Balaban J connectivity index is 4.11. The molecule has 0 rings (SSSR count). The van der Waals surface area contributed by atoms with Crippen LogP contribution in [0.15, 0.2) is 0 Å². The van der Waals surface area contributed by atoms with E-state index < -0.39 is 6.10 Å². The van der Waals surface area contributed by atoms with Gasteiger partial charge in [0.05, 0.1) is 0 Å². The Hall–Kier alpha value is -1.59. The lowest BCUT2D eigenvalue weighted by molar-refractivity contribution is -0.167. The van der Waals surface area contributed by atoms with Gasteiger partial charge in [0.15, 0.2) is 6.10 Å². The predicted octanol–water partition coefficient (Wildman–Crippen LogP) is 21.1. The van der Waals surface area contributed by atoms with Crippen molar-refractivity contribution >= 4 is 17.9 Å². The van der Waals surface area contributed by atoms with Gasteiger partial charge in [-0.2, -0.15) is 0 Å². The minimum Gasteiger partial charge on any atom is -0.462 e. The average molecular weight is 976 g/mol. The van der Waals surface area contributed by atoms with E-state index in [1.807, 2.05) is 0 Å². The van der Waals surface area contributed by atoms with Crippen LogP contribution in [0.25, 0.3) is 0 Å². The number of hydrogen-bond donors (Lipinski definition) is 0. The molecule has 0 N–H and O–H groups in total. The second-order valence-electron chi connectivity index (χ2n) is 21.7. The zero-order valence-electron chi connectivity index (χ0n) is 47.1. The van der Waals surface area contributed by atoms with Crippen LogP contribution in [-0.4, -0.2) is 37.2 Å². The van der Waals surface area contributed by atoms with Crippen molar-refractivity contribution in [1.82, 2.24) is 0 Å². The molecule has 1 unspecified atom stereocenters. The highest BCUT2D eigenvalue weighted by Gasteiger charge is 2.19. The summed E-state index contributed by atoms with van der Waals surface area (Å²) < 4.78 is 16.9. The van der Waals surface area contributed by atoms with Crippen molar-refractivity contribution < 1.29 is 28.6 Å². The molecular formula is C63H122O6. The van der Waals surface area contributed by atoms with Crippen molar-refractivity contribution in [1.29, 1.82) is 0 Å². The zero-order chi connectivity index (χ0) is 50.0. The molecule has 0 aliphatic rings. The maximum absolute atomic E-state index is 12.8. The zero-order valence-corrected chi connectivity index (χ0v) is 47.1. The third-order valence-corrected chi connectivity index (χ3v) is 14.6. The van der Waals surface area contributed by atoms with Crippen molar-refractivity contribution in [2.75, 3.05) is 13.2 Å². The lowest BCUT2D eigenvalue weighted by Gasteiger charge is -2.18. The first-order valence-electron chi connectivity index (χ1n) is 31.5. The van der Waals surface area contributed by atoms with Crippen LogP contribution in [0.5, 0.6) is 0 Å². The van der Waals surface area contributed by atoms with Crippen LogP contribution in [0.1, 0.15) is 367 Å². The Labute approximate surface area is 431 Å². The van der Waals surface area contributed by atoms with E-state index in [0.29, 0.717) is 19.3 Å². The highest BCUT2D eigenvalue weighted by molar-refractivity contribution is 5.71. The fraction of sp³-hybridized carbons (Fsp3) is 0.952. The van der Waals surface area contributed by atoms with E-state index in [4.69, 9.17) is 14.2 Å². The van der Waals surface area contributed by atoms with Crippen molar-refractivity contribution in [2.45, 2.75) is 374 Å². The fourth-order valence-electron chi connectivity index (χ4n) is 9.86. The van der Waals surface area contributed by atoms with Crippen LogP contribution in [-0.2, 0) is 28.6 Å². The second-order valence-corrected chi connectivity index (χ2v) is 21.7. The molecule has 0 aromatic carbocycles. The number of ether oxygens (including phenoxy) is 3. The SMILES string of the molecule is CCCCCCCCCCCCCCCCCCCCCCCCCCCCC(=O)OCC(COC(=O)CCCCCCCCCCCCC)OC(=O)CCCCCCCCCCCCCCCC. The van der Waals surface area contributed by atoms with Crippen LogP contribution in [0.2, 0.25) is 0 Å². The van der Waals surface area contributed by atoms with Crippen molar-refractivity contribution in [3.63, 3.8) is 0 Å². The first-order valence-corrected chi connectivity index (χ1v) is 31.5. The summed E-state index contributed by atoms with van der Waals surface area (Å²) in [5.41, 5.74) is 0. The molecule has 6 heteroatoms. The summed E-state index contributed by atoms with van der Waals surface area (Å²) in [6.07, 6.45) is 66.9. The third-order valence-electron chi connectivity index (χ3n) is 14.6. The molecule has 0 heterocycles. The van der Waals surface area contributed by atoms with Crippen LogP contribution < -0.4 is 0 Å². The summed E-state index contributed by atoms with van der Waals surface area (Å²) in [5.74, 6) is -0.831. The van der Waals surface area contributed by atoms with Gasteiger partial charge in [-0.25, -0.2) is 0 Å². The number of unbranched alkanes of at least 4 members (excludes halogenated alkanes) is 48. The standard InChI is InChI=1S/C63H122O6/c1-4-7-10-13-16-19-22-24-26-27-28-29-30-31-32-33-34-35-36-37-39-41-44-47-50-53-56-62(65)68-59-60(58-67-61(64)55-52-49-46-43-40-21-18-15-12-9-6-3)69-63(66)57-54-51-48-45-42-38-25-23-20-17-14-11-8-5-2/h60H,4-59H2,1-3H3. The third kappa shape index (κ3) is 57.2. The smallest absolute Gasteiger partial charge is 0.306 e. The van der Waals surface area contributed by atoms with Gasteiger partial charge in [0.1, 0.15) is 13.2 Å². The molecule has 0 aliphatic heterocycles. The fourth-order valence-corrected chi connectivity index (χ4v) is 9.86. The van der Waals surface area contributed by atoms with Crippen molar-refractivity contribution in [3.05, 3.63) is 0 Å².